The minimum absolute atomic E-state index is 0.0651. The van der Waals surface area contributed by atoms with Gasteiger partial charge >= 0.3 is 0 Å². The van der Waals surface area contributed by atoms with Gasteiger partial charge in [0.2, 0.25) is 0 Å². The highest BCUT2D eigenvalue weighted by atomic mass is 15.2. The number of allylic oxidation sites excluding steroid dienone is 3. The highest BCUT2D eigenvalue weighted by Gasteiger charge is 2.40. The maximum atomic E-state index is 3.81. The molecule has 0 N–H and O–H groups in total. The van der Waals surface area contributed by atoms with Crippen molar-refractivity contribution in [3.8, 4) is 0 Å². The van der Waals surface area contributed by atoms with Crippen molar-refractivity contribution in [2.24, 2.45) is 0 Å². The van der Waals surface area contributed by atoms with Gasteiger partial charge in [0.15, 0.2) is 0 Å². The van der Waals surface area contributed by atoms with E-state index in [1.807, 2.05) is 6.08 Å². The first-order valence-electron chi connectivity index (χ1n) is 10.7. The Hall–Kier alpha value is -2.02. The summed E-state index contributed by atoms with van der Waals surface area (Å²) in [6.07, 6.45) is 13.5. The second kappa shape index (κ2) is 8.78. The Morgan fingerprint density at radius 1 is 0.926 bits per heavy atom. The molecule has 1 heteroatoms. The van der Waals surface area contributed by atoms with Crippen molar-refractivity contribution in [2.45, 2.75) is 71.1 Å². The van der Waals surface area contributed by atoms with Crippen LogP contribution in [0.4, 0.5) is 5.69 Å². The van der Waals surface area contributed by atoms with Crippen LogP contribution in [0.1, 0.15) is 71.3 Å². The van der Waals surface area contributed by atoms with Crippen LogP contribution in [0.2, 0.25) is 0 Å². The average molecular weight is 362 g/mol. The van der Waals surface area contributed by atoms with Crippen molar-refractivity contribution in [1.82, 2.24) is 0 Å². The lowest BCUT2D eigenvalue weighted by Crippen LogP contribution is -2.26. The molecule has 0 atom stereocenters. The first-order valence-corrected chi connectivity index (χ1v) is 10.7. The van der Waals surface area contributed by atoms with Crippen LogP contribution in [-0.2, 0) is 5.41 Å². The Morgan fingerprint density at radius 3 is 2.37 bits per heavy atom. The second-order valence-corrected chi connectivity index (χ2v) is 8.33. The summed E-state index contributed by atoms with van der Waals surface area (Å²) >= 11 is 0. The summed E-state index contributed by atoms with van der Waals surface area (Å²) in [5.41, 5.74) is 4.44. The lowest BCUT2D eigenvalue weighted by Gasteiger charge is -2.27. The molecule has 2 aromatic carbocycles. The van der Waals surface area contributed by atoms with E-state index in [4.69, 9.17) is 0 Å². The minimum atomic E-state index is 0.0651. The summed E-state index contributed by atoms with van der Waals surface area (Å²) in [5.74, 6) is 0. The lowest BCUT2D eigenvalue weighted by molar-refractivity contribution is 0.585. The fourth-order valence-corrected chi connectivity index (χ4v) is 4.76. The van der Waals surface area contributed by atoms with Crippen molar-refractivity contribution in [3.63, 3.8) is 0 Å². The molecule has 0 fully saturated rings. The van der Waals surface area contributed by atoms with Crippen LogP contribution in [-0.4, -0.2) is 6.54 Å². The monoisotopic (exact) mass is 361 g/mol. The van der Waals surface area contributed by atoms with Gasteiger partial charge in [-0.3, -0.25) is 0 Å². The number of nitrogens with zero attached hydrogens (tertiary/aromatic N) is 1. The summed E-state index contributed by atoms with van der Waals surface area (Å²) in [7, 11) is 0. The minimum Gasteiger partial charge on any atom is -0.344 e. The van der Waals surface area contributed by atoms with Crippen LogP contribution in [0.25, 0.3) is 10.8 Å². The Labute approximate surface area is 165 Å². The number of rotatable bonds is 9. The van der Waals surface area contributed by atoms with Gasteiger partial charge in [-0.1, -0.05) is 82.0 Å². The zero-order valence-electron chi connectivity index (χ0n) is 17.4. The molecule has 0 bridgehead atoms. The van der Waals surface area contributed by atoms with Gasteiger partial charge in [0.25, 0.3) is 0 Å². The van der Waals surface area contributed by atoms with E-state index in [0.29, 0.717) is 0 Å². The smallest absolute Gasteiger partial charge is 0.0456 e. The third-order valence-corrected chi connectivity index (χ3v) is 6.07. The van der Waals surface area contributed by atoms with Crippen molar-refractivity contribution in [3.05, 3.63) is 66.4 Å². The van der Waals surface area contributed by atoms with Gasteiger partial charge in [0, 0.05) is 23.3 Å². The summed E-state index contributed by atoms with van der Waals surface area (Å²) < 4.78 is 0. The molecular formula is C26H35N. The Bertz CT molecular complexity index is 812. The van der Waals surface area contributed by atoms with Crippen LogP contribution < -0.4 is 4.90 Å². The fourth-order valence-electron chi connectivity index (χ4n) is 4.76. The number of benzene rings is 2. The SMILES string of the molecule is C=CCCCCCCCCN1/C(=C/C)C(C)(C)c2c1ccc1ccccc21. The number of unbranched alkanes of at least 4 members (excludes halogenated alkanes) is 6. The molecule has 144 valence electrons. The number of anilines is 1. The molecule has 27 heavy (non-hydrogen) atoms. The highest BCUT2D eigenvalue weighted by Crippen LogP contribution is 2.50. The highest BCUT2D eigenvalue weighted by molar-refractivity contribution is 5.94. The van der Waals surface area contributed by atoms with Crippen LogP contribution in [0, 0.1) is 0 Å². The van der Waals surface area contributed by atoms with Crippen LogP contribution in [0.5, 0.6) is 0 Å². The molecule has 0 aromatic heterocycles. The maximum absolute atomic E-state index is 3.81. The topological polar surface area (TPSA) is 3.24 Å². The van der Waals surface area contributed by atoms with Gasteiger partial charge in [-0.2, -0.15) is 0 Å². The second-order valence-electron chi connectivity index (χ2n) is 8.33. The van der Waals surface area contributed by atoms with E-state index < -0.39 is 0 Å². The molecule has 0 saturated carbocycles. The van der Waals surface area contributed by atoms with Crippen molar-refractivity contribution in [2.75, 3.05) is 11.4 Å². The molecule has 0 radical (unpaired) electrons. The van der Waals surface area contributed by atoms with E-state index in [2.05, 4.69) is 74.7 Å². The zero-order valence-corrected chi connectivity index (χ0v) is 17.4. The lowest BCUT2D eigenvalue weighted by atomic mass is 9.81. The van der Waals surface area contributed by atoms with E-state index >= 15 is 0 Å². The molecule has 1 aliphatic rings. The third-order valence-electron chi connectivity index (χ3n) is 6.07. The van der Waals surface area contributed by atoms with Gasteiger partial charge in [0.1, 0.15) is 0 Å². The van der Waals surface area contributed by atoms with E-state index in [9.17, 15) is 0 Å². The molecule has 1 nitrogen and oxygen atoms in total. The fraction of sp³-hybridized carbons (Fsp3) is 0.462. The molecule has 1 heterocycles. The van der Waals surface area contributed by atoms with Gasteiger partial charge in [-0.05, 0) is 48.6 Å². The third kappa shape index (κ3) is 3.98. The summed E-state index contributed by atoms with van der Waals surface area (Å²) in [6.45, 7) is 11.9. The largest absolute Gasteiger partial charge is 0.344 e. The van der Waals surface area contributed by atoms with Crippen LogP contribution >= 0.6 is 0 Å². The first-order chi connectivity index (χ1) is 13.1. The molecule has 0 spiro atoms. The van der Waals surface area contributed by atoms with Gasteiger partial charge in [-0.15, -0.1) is 6.58 Å². The van der Waals surface area contributed by atoms with Crippen molar-refractivity contribution >= 4 is 16.5 Å². The molecule has 2 aromatic rings. The number of fused-ring (bicyclic) bond motifs is 3. The Kier molecular flexibility index (Phi) is 6.42. The van der Waals surface area contributed by atoms with Crippen LogP contribution in [0.15, 0.2) is 60.8 Å². The molecule has 0 unspecified atom stereocenters. The van der Waals surface area contributed by atoms with Gasteiger partial charge < -0.3 is 4.90 Å². The number of hydrogen-bond donors (Lipinski definition) is 0. The van der Waals surface area contributed by atoms with E-state index in [-0.39, 0.29) is 5.41 Å². The quantitative estimate of drug-likeness (QED) is 0.326. The predicted octanol–water partition coefficient (Wildman–Crippen LogP) is 7.76. The maximum Gasteiger partial charge on any atom is 0.0456 e. The molecule has 1 aliphatic heterocycles. The van der Waals surface area contributed by atoms with E-state index in [1.54, 1.807) is 0 Å². The standard InChI is InChI=1S/C26H35N/c1-5-7-8-9-10-11-12-15-20-27-23-19-18-21-16-13-14-17-22(21)25(23)26(3,4)24(27)6-2/h5-6,13-14,16-19H,1,7-12,15,20H2,2-4H3/b24-6+. The van der Waals surface area contributed by atoms with Crippen molar-refractivity contribution in [1.29, 1.82) is 0 Å². The Morgan fingerprint density at radius 2 is 1.63 bits per heavy atom. The molecular weight excluding hydrogens is 326 g/mol. The molecule has 0 saturated heterocycles. The van der Waals surface area contributed by atoms with E-state index in [1.165, 1.54) is 66.2 Å². The van der Waals surface area contributed by atoms with Gasteiger partial charge in [-0.25, -0.2) is 0 Å². The Balaban J connectivity index is 1.72. The van der Waals surface area contributed by atoms with Crippen molar-refractivity contribution < 1.29 is 0 Å². The molecule has 0 amide bonds. The summed E-state index contributed by atoms with van der Waals surface area (Å²) in [4.78, 5) is 2.58. The average Bonchev–Trinajstić information content (AvgIpc) is 2.90. The number of hydrogen-bond acceptors (Lipinski definition) is 1. The summed E-state index contributed by atoms with van der Waals surface area (Å²) in [5, 5.41) is 2.75. The van der Waals surface area contributed by atoms with Crippen LogP contribution in [0.3, 0.4) is 0 Å². The van der Waals surface area contributed by atoms with E-state index in [0.717, 1.165) is 13.0 Å². The first kappa shape index (κ1) is 19.7. The molecule has 3 rings (SSSR count). The van der Waals surface area contributed by atoms with Gasteiger partial charge in [0.05, 0.1) is 0 Å². The zero-order chi connectivity index (χ0) is 19.3. The molecule has 0 aliphatic carbocycles. The normalized spacial score (nSPS) is 16.9. The summed E-state index contributed by atoms with van der Waals surface area (Å²) in [6, 6.07) is 13.5. The predicted molar refractivity (Wildman–Crippen MR) is 121 cm³/mol.